The molecule has 1 saturated carbocycles. The Kier molecular flexibility index (Phi) is 4.10. The number of carbonyl (C=O) groups excluding carboxylic acids is 1. The lowest BCUT2D eigenvalue weighted by Crippen LogP contribution is -2.42. The molecule has 25 heavy (non-hydrogen) atoms. The van der Waals surface area contributed by atoms with E-state index in [1.54, 1.807) is 12.1 Å². The molecule has 0 bridgehead atoms. The molecule has 0 aromatic carbocycles. The smallest absolute Gasteiger partial charge is 0.257 e. The van der Waals surface area contributed by atoms with Crippen LogP contribution in [-0.4, -0.2) is 39.9 Å². The maximum absolute atomic E-state index is 12.3. The maximum atomic E-state index is 12.3. The number of hydrogen-bond donors (Lipinski definition) is 1. The predicted molar refractivity (Wildman–Crippen MR) is 90.0 cm³/mol. The van der Waals surface area contributed by atoms with Gasteiger partial charge in [0.05, 0.1) is 11.8 Å². The molecule has 7 heteroatoms. The van der Waals surface area contributed by atoms with Gasteiger partial charge in [0.15, 0.2) is 0 Å². The second-order valence-corrected chi connectivity index (χ2v) is 6.61. The third-order valence-electron chi connectivity index (χ3n) is 4.70. The van der Waals surface area contributed by atoms with Crippen molar-refractivity contribution in [2.75, 3.05) is 18.4 Å². The third kappa shape index (κ3) is 3.48. The number of rotatable bonds is 4. The van der Waals surface area contributed by atoms with Crippen molar-refractivity contribution in [1.82, 2.24) is 14.9 Å². The van der Waals surface area contributed by atoms with Gasteiger partial charge in [0.1, 0.15) is 29.7 Å². The van der Waals surface area contributed by atoms with Crippen molar-refractivity contribution >= 4 is 11.7 Å². The molecule has 4 rings (SSSR count). The highest BCUT2D eigenvalue weighted by molar-refractivity contribution is 5.93. The van der Waals surface area contributed by atoms with E-state index in [4.69, 9.17) is 9.68 Å². The molecule has 1 aliphatic heterocycles. The molecule has 1 amide bonds. The summed E-state index contributed by atoms with van der Waals surface area (Å²) in [5.74, 6) is 1.91. The lowest BCUT2D eigenvalue weighted by Gasteiger charge is -2.32. The van der Waals surface area contributed by atoms with E-state index in [0.717, 1.165) is 31.5 Å². The molecule has 1 saturated heterocycles. The van der Waals surface area contributed by atoms with Crippen LogP contribution in [0.4, 0.5) is 5.82 Å². The number of carbonyl (C=O) groups is 1. The second kappa shape index (κ2) is 6.55. The summed E-state index contributed by atoms with van der Waals surface area (Å²) in [5, 5.41) is 12.6. The van der Waals surface area contributed by atoms with Crippen molar-refractivity contribution in [3.05, 3.63) is 41.7 Å². The van der Waals surface area contributed by atoms with Crippen molar-refractivity contribution in [2.24, 2.45) is 0 Å². The van der Waals surface area contributed by atoms with E-state index in [1.165, 1.54) is 12.5 Å². The minimum Gasteiger partial charge on any atom is -0.472 e. The lowest BCUT2D eigenvalue weighted by atomic mass is 10.0. The van der Waals surface area contributed by atoms with Crippen molar-refractivity contribution < 1.29 is 9.21 Å². The first-order valence-electron chi connectivity index (χ1n) is 8.60. The van der Waals surface area contributed by atoms with Gasteiger partial charge in [-0.25, -0.2) is 9.97 Å². The van der Waals surface area contributed by atoms with Crippen LogP contribution in [0.15, 0.2) is 29.1 Å². The average molecular weight is 337 g/mol. The average Bonchev–Trinajstić information content (AvgIpc) is 3.36. The molecule has 0 atom stereocenters. The van der Waals surface area contributed by atoms with Crippen LogP contribution in [0.5, 0.6) is 0 Å². The fourth-order valence-electron chi connectivity index (χ4n) is 3.13. The van der Waals surface area contributed by atoms with Crippen molar-refractivity contribution in [3.63, 3.8) is 0 Å². The third-order valence-corrected chi connectivity index (χ3v) is 4.70. The number of aromatic nitrogens is 2. The Morgan fingerprint density at radius 1 is 1.28 bits per heavy atom. The lowest BCUT2D eigenvalue weighted by molar-refractivity contribution is 0.0717. The van der Waals surface area contributed by atoms with Crippen LogP contribution in [0.1, 0.15) is 53.5 Å². The monoisotopic (exact) mass is 337 g/mol. The maximum Gasteiger partial charge on any atom is 0.257 e. The highest BCUT2D eigenvalue weighted by Gasteiger charge is 2.28. The number of hydrogen-bond acceptors (Lipinski definition) is 6. The number of likely N-dealkylation sites (tertiary alicyclic amines) is 1. The zero-order valence-electron chi connectivity index (χ0n) is 13.8. The summed E-state index contributed by atoms with van der Waals surface area (Å²) in [5.41, 5.74) is 1.00. The Morgan fingerprint density at radius 2 is 2.08 bits per heavy atom. The summed E-state index contributed by atoms with van der Waals surface area (Å²) in [6, 6.07) is 5.74. The van der Waals surface area contributed by atoms with Crippen LogP contribution >= 0.6 is 0 Å². The Bertz CT molecular complexity index is 799. The number of furan rings is 1. The van der Waals surface area contributed by atoms with E-state index in [1.807, 2.05) is 4.90 Å². The molecule has 1 aliphatic carbocycles. The SMILES string of the molecule is N#Cc1cc(NC2CCN(C(=O)c3ccoc3)CC2)nc(C2CC2)n1. The van der Waals surface area contributed by atoms with Gasteiger partial charge in [-0.3, -0.25) is 4.79 Å². The largest absolute Gasteiger partial charge is 0.472 e. The molecular weight excluding hydrogens is 318 g/mol. The van der Waals surface area contributed by atoms with Crippen LogP contribution in [0.2, 0.25) is 0 Å². The summed E-state index contributed by atoms with van der Waals surface area (Å²) in [4.78, 5) is 23.0. The van der Waals surface area contributed by atoms with Gasteiger partial charge in [0.25, 0.3) is 5.91 Å². The molecule has 0 spiro atoms. The van der Waals surface area contributed by atoms with Gasteiger partial charge in [-0.2, -0.15) is 5.26 Å². The zero-order valence-corrected chi connectivity index (χ0v) is 13.8. The van der Waals surface area contributed by atoms with Crippen molar-refractivity contribution in [3.8, 4) is 6.07 Å². The van der Waals surface area contributed by atoms with E-state index >= 15 is 0 Å². The Balaban J connectivity index is 1.38. The van der Waals surface area contributed by atoms with Gasteiger partial charge in [0, 0.05) is 31.1 Å². The number of piperidine rings is 1. The first-order chi connectivity index (χ1) is 12.2. The molecule has 2 aliphatic rings. The molecular formula is C18H19N5O2. The predicted octanol–water partition coefficient (Wildman–Crippen LogP) is 2.54. The van der Waals surface area contributed by atoms with Crippen LogP contribution in [0.25, 0.3) is 0 Å². The van der Waals surface area contributed by atoms with Crippen molar-refractivity contribution in [1.29, 1.82) is 5.26 Å². The van der Waals surface area contributed by atoms with E-state index in [0.29, 0.717) is 36.1 Å². The Labute approximate surface area is 145 Å². The fraction of sp³-hybridized carbons (Fsp3) is 0.444. The molecule has 1 N–H and O–H groups in total. The standard InChI is InChI=1S/C18H19N5O2/c19-10-15-9-16(22-17(21-15)12-1-2-12)20-14-3-6-23(7-4-14)18(24)13-5-8-25-11-13/h5,8-9,11-12,14H,1-4,6-7H2,(H,20,21,22). The van der Waals surface area contributed by atoms with Crippen molar-refractivity contribution in [2.45, 2.75) is 37.6 Å². The highest BCUT2D eigenvalue weighted by atomic mass is 16.3. The quantitative estimate of drug-likeness (QED) is 0.921. The van der Waals surface area contributed by atoms with E-state index < -0.39 is 0 Å². The Hall–Kier alpha value is -2.88. The summed E-state index contributed by atoms with van der Waals surface area (Å²) in [6.45, 7) is 1.38. The minimum absolute atomic E-state index is 0.0111. The van der Waals surface area contributed by atoms with Gasteiger partial charge < -0.3 is 14.6 Å². The minimum atomic E-state index is 0.0111. The molecule has 2 aromatic rings. The van der Waals surface area contributed by atoms with Crippen LogP contribution in [0.3, 0.4) is 0 Å². The number of nitriles is 1. The summed E-state index contributed by atoms with van der Waals surface area (Å²) >= 11 is 0. The van der Waals surface area contributed by atoms with E-state index in [9.17, 15) is 4.79 Å². The van der Waals surface area contributed by atoms with Crippen LogP contribution < -0.4 is 5.32 Å². The first-order valence-corrected chi connectivity index (χ1v) is 8.60. The summed E-state index contributed by atoms with van der Waals surface area (Å²) in [6.07, 6.45) is 6.88. The van der Waals surface area contributed by atoms with Crippen LogP contribution in [0, 0.1) is 11.3 Å². The summed E-state index contributed by atoms with van der Waals surface area (Å²) in [7, 11) is 0. The summed E-state index contributed by atoms with van der Waals surface area (Å²) < 4.78 is 4.98. The van der Waals surface area contributed by atoms with Crippen LogP contribution in [-0.2, 0) is 0 Å². The second-order valence-electron chi connectivity index (χ2n) is 6.61. The number of nitrogens with one attached hydrogen (secondary N) is 1. The Morgan fingerprint density at radius 3 is 2.72 bits per heavy atom. The van der Waals surface area contributed by atoms with Gasteiger partial charge in [-0.05, 0) is 31.7 Å². The molecule has 0 unspecified atom stereocenters. The van der Waals surface area contributed by atoms with Gasteiger partial charge in [-0.15, -0.1) is 0 Å². The van der Waals surface area contributed by atoms with E-state index in [-0.39, 0.29) is 11.9 Å². The molecule has 128 valence electrons. The molecule has 2 aromatic heterocycles. The van der Waals surface area contributed by atoms with Gasteiger partial charge in [-0.1, -0.05) is 0 Å². The first kappa shape index (κ1) is 15.6. The molecule has 0 radical (unpaired) electrons. The topological polar surface area (TPSA) is 95.1 Å². The van der Waals surface area contributed by atoms with E-state index in [2.05, 4.69) is 21.4 Å². The number of anilines is 1. The number of amides is 1. The molecule has 3 heterocycles. The van der Waals surface area contributed by atoms with Gasteiger partial charge in [0.2, 0.25) is 0 Å². The fourth-order valence-corrected chi connectivity index (χ4v) is 3.13. The molecule has 7 nitrogen and oxygen atoms in total. The number of nitrogens with zero attached hydrogens (tertiary/aromatic N) is 4. The zero-order chi connectivity index (χ0) is 17.2. The normalized spacial score (nSPS) is 18.0. The van der Waals surface area contributed by atoms with Gasteiger partial charge >= 0.3 is 0 Å². The molecule has 2 fully saturated rings. The highest BCUT2D eigenvalue weighted by Crippen LogP contribution is 2.38.